The van der Waals surface area contributed by atoms with Crippen LogP contribution in [-0.4, -0.2) is 20.9 Å². The van der Waals surface area contributed by atoms with E-state index in [1.54, 1.807) is 24.3 Å². The van der Waals surface area contributed by atoms with Crippen LogP contribution in [0.1, 0.15) is 11.1 Å². The number of nitrogens with one attached hydrogen (secondary N) is 1. The van der Waals surface area contributed by atoms with E-state index in [4.69, 9.17) is 5.73 Å². The maximum Gasteiger partial charge on any atom is 0.265 e. The van der Waals surface area contributed by atoms with E-state index in [0.29, 0.717) is 12.1 Å². The monoisotopic (exact) mass is 252 g/mol. The zero-order valence-electron chi connectivity index (χ0n) is 9.01. The Labute approximate surface area is 99.4 Å². The molecule has 2 rings (SSSR count). The molecule has 1 heterocycles. The molecule has 1 aliphatic heterocycles. The quantitative estimate of drug-likeness (QED) is 0.791. The minimum atomic E-state index is -3.68. The van der Waals surface area contributed by atoms with Crippen molar-refractivity contribution in [3.05, 3.63) is 41.5 Å². The lowest BCUT2D eigenvalue weighted by Crippen LogP contribution is -2.22. The summed E-state index contributed by atoms with van der Waals surface area (Å²) >= 11 is 0. The van der Waals surface area contributed by atoms with Crippen LogP contribution in [0.3, 0.4) is 0 Å². The normalized spacial score (nSPS) is 17.7. The van der Waals surface area contributed by atoms with E-state index in [1.807, 2.05) is 4.72 Å². The summed E-state index contributed by atoms with van der Waals surface area (Å²) in [6.45, 7) is 0.542. The number of carbonyl (C=O) groups excluding carboxylic acids is 1. The van der Waals surface area contributed by atoms with Crippen molar-refractivity contribution in [1.29, 1.82) is 0 Å². The van der Waals surface area contributed by atoms with Crippen molar-refractivity contribution in [1.82, 2.24) is 4.72 Å². The summed E-state index contributed by atoms with van der Waals surface area (Å²) in [5.74, 6) is -0.606. The summed E-state index contributed by atoms with van der Waals surface area (Å²) in [4.78, 5) is 11.0. The molecule has 0 aliphatic carbocycles. The van der Waals surface area contributed by atoms with Gasteiger partial charge in [-0.1, -0.05) is 24.3 Å². The number of hydrogen-bond donors (Lipinski definition) is 2. The highest BCUT2D eigenvalue weighted by molar-refractivity contribution is 7.99. The van der Waals surface area contributed by atoms with Crippen molar-refractivity contribution in [2.45, 2.75) is 6.42 Å². The Morgan fingerprint density at radius 1 is 1.18 bits per heavy atom. The van der Waals surface area contributed by atoms with Crippen molar-refractivity contribution in [3.63, 3.8) is 0 Å². The van der Waals surface area contributed by atoms with Gasteiger partial charge >= 0.3 is 0 Å². The third-order valence-electron chi connectivity index (χ3n) is 2.46. The minimum Gasteiger partial charge on any atom is -0.330 e. The van der Waals surface area contributed by atoms with Gasteiger partial charge in [0.1, 0.15) is 4.91 Å². The Hall–Kier alpha value is -1.66. The molecule has 0 saturated heterocycles. The Morgan fingerprint density at radius 2 is 1.82 bits per heavy atom. The van der Waals surface area contributed by atoms with Crippen molar-refractivity contribution in [3.8, 4) is 0 Å². The number of carbonyl (C=O) groups is 1. The Morgan fingerprint density at radius 3 is 2.29 bits per heavy atom. The van der Waals surface area contributed by atoms with Crippen molar-refractivity contribution in [2.24, 2.45) is 5.73 Å². The van der Waals surface area contributed by atoms with E-state index in [9.17, 15) is 13.2 Å². The van der Waals surface area contributed by atoms with E-state index in [1.165, 1.54) is 0 Å². The highest BCUT2D eigenvalue weighted by Crippen LogP contribution is 2.24. The van der Waals surface area contributed by atoms with E-state index < -0.39 is 15.9 Å². The standard InChI is InChI=1S/C11H12N2O3S/c12-6-5-8-1-3-9(4-2-8)10-7-11(14)13-17(10,15)16/h1-4,7H,5-6,12H2,(H,13,14). The predicted octanol–water partition coefficient (Wildman–Crippen LogP) is -0.0117. The Bertz CT molecular complexity index is 573. The average Bonchev–Trinajstić information content (AvgIpc) is 2.53. The van der Waals surface area contributed by atoms with Gasteiger partial charge in [0.05, 0.1) is 0 Å². The van der Waals surface area contributed by atoms with Gasteiger partial charge in [0.2, 0.25) is 0 Å². The van der Waals surface area contributed by atoms with E-state index in [2.05, 4.69) is 0 Å². The molecule has 1 aromatic rings. The third-order valence-corrected chi connectivity index (χ3v) is 3.86. The van der Waals surface area contributed by atoms with E-state index in [-0.39, 0.29) is 4.91 Å². The first-order valence-corrected chi connectivity index (χ1v) is 6.59. The molecular weight excluding hydrogens is 240 g/mol. The second-order valence-corrected chi connectivity index (χ2v) is 5.36. The number of rotatable bonds is 3. The first kappa shape index (κ1) is 11.8. The summed E-state index contributed by atoms with van der Waals surface area (Å²) in [6, 6.07) is 6.96. The van der Waals surface area contributed by atoms with Gasteiger partial charge < -0.3 is 5.73 Å². The number of hydrogen-bond acceptors (Lipinski definition) is 4. The fourth-order valence-electron chi connectivity index (χ4n) is 1.65. The lowest BCUT2D eigenvalue weighted by Gasteiger charge is -2.04. The van der Waals surface area contributed by atoms with Gasteiger partial charge in [-0.3, -0.25) is 4.79 Å². The first-order valence-electron chi connectivity index (χ1n) is 5.11. The van der Waals surface area contributed by atoms with Crippen LogP contribution in [-0.2, 0) is 21.2 Å². The number of sulfonamides is 1. The molecule has 0 radical (unpaired) electrons. The fourth-order valence-corrected chi connectivity index (χ4v) is 2.80. The molecule has 17 heavy (non-hydrogen) atoms. The van der Waals surface area contributed by atoms with Crippen LogP contribution >= 0.6 is 0 Å². The second kappa shape index (κ2) is 4.31. The zero-order chi connectivity index (χ0) is 12.5. The molecule has 0 aromatic heterocycles. The van der Waals surface area contributed by atoms with Gasteiger partial charge in [0, 0.05) is 6.08 Å². The van der Waals surface area contributed by atoms with Gasteiger partial charge in [-0.05, 0) is 24.1 Å². The van der Waals surface area contributed by atoms with Gasteiger partial charge in [-0.2, -0.15) is 0 Å². The minimum absolute atomic E-state index is 0.0156. The fraction of sp³-hybridized carbons (Fsp3) is 0.182. The van der Waals surface area contributed by atoms with Crippen molar-refractivity contribution >= 4 is 20.8 Å². The third kappa shape index (κ3) is 2.37. The molecule has 0 atom stereocenters. The molecule has 0 unspecified atom stereocenters. The van der Waals surface area contributed by atoms with Crippen LogP contribution in [0.4, 0.5) is 0 Å². The van der Waals surface area contributed by atoms with Crippen LogP contribution in [0, 0.1) is 0 Å². The SMILES string of the molecule is NCCc1ccc(C2=CC(=O)NS2(=O)=O)cc1. The van der Waals surface area contributed by atoms with Crippen LogP contribution in [0.25, 0.3) is 4.91 Å². The topological polar surface area (TPSA) is 89.3 Å². The highest BCUT2D eigenvalue weighted by atomic mass is 32.2. The van der Waals surface area contributed by atoms with Gasteiger partial charge in [0.25, 0.3) is 15.9 Å². The molecule has 0 bridgehead atoms. The lowest BCUT2D eigenvalue weighted by molar-refractivity contribution is -0.114. The number of nitrogens with two attached hydrogens (primary N) is 1. The van der Waals surface area contributed by atoms with Crippen LogP contribution in [0.2, 0.25) is 0 Å². The average molecular weight is 252 g/mol. The Balaban J connectivity index is 2.35. The Kier molecular flexibility index (Phi) is 2.99. The lowest BCUT2D eigenvalue weighted by atomic mass is 10.1. The molecule has 0 spiro atoms. The second-order valence-electron chi connectivity index (χ2n) is 3.71. The van der Waals surface area contributed by atoms with E-state index in [0.717, 1.165) is 18.1 Å². The smallest absolute Gasteiger partial charge is 0.265 e. The number of benzene rings is 1. The molecule has 1 aromatic carbocycles. The first-order chi connectivity index (χ1) is 8.03. The molecule has 3 N–H and O–H groups in total. The molecule has 1 aliphatic rings. The van der Waals surface area contributed by atoms with Gasteiger partial charge in [0.15, 0.2) is 0 Å². The molecule has 90 valence electrons. The summed E-state index contributed by atoms with van der Waals surface area (Å²) < 4.78 is 25.0. The van der Waals surface area contributed by atoms with Crippen LogP contribution in [0.5, 0.6) is 0 Å². The molecule has 5 nitrogen and oxygen atoms in total. The molecule has 6 heteroatoms. The molecule has 0 saturated carbocycles. The largest absolute Gasteiger partial charge is 0.330 e. The van der Waals surface area contributed by atoms with Gasteiger partial charge in [-0.15, -0.1) is 0 Å². The zero-order valence-corrected chi connectivity index (χ0v) is 9.83. The van der Waals surface area contributed by atoms with E-state index >= 15 is 0 Å². The molecular formula is C11H12N2O3S. The predicted molar refractivity (Wildman–Crippen MR) is 64.2 cm³/mol. The van der Waals surface area contributed by atoms with Crippen LogP contribution < -0.4 is 10.5 Å². The van der Waals surface area contributed by atoms with Crippen molar-refractivity contribution < 1.29 is 13.2 Å². The summed E-state index contributed by atoms with van der Waals surface area (Å²) in [7, 11) is -3.68. The van der Waals surface area contributed by atoms with Crippen LogP contribution in [0.15, 0.2) is 30.3 Å². The maximum atomic E-state index is 11.6. The maximum absolute atomic E-state index is 11.6. The summed E-state index contributed by atoms with van der Waals surface area (Å²) in [5, 5.41) is 0. The summed E-state index contributed by atoms with van der Waals surface area (Å²) in [6.07, 6.45) is 1.83. The summed E-state index contributed by atoms with van der Waals surface area (Å²) in [5.41, 5.74) is 6.96. The highest BCUT2D eigenvalue weighted by Gasteiger charge is 2.28. The van der Waals surface area contributed by atoms with Crippen molar-refractivity contribution in [2.75, 3.05) is 6.54 Å². The number of amides is 1. The van der Waals surface area contributed by atoms with Gasteiger partial charge in [-0.25, -0.2) is 13.1 Å². The molecule has 0 fully saturated rings. The molecule has 1 amide bonds.